The molecule has 7 nitrogen and oxygen atoms in total. The highest BCUT2D eigenvalue weighted by atomic mass is 32.2. The van der Waals surface area contributed by atoms with Crippen LogP contribution >= 0.6 is 0 Å². The number of hydrogen-bond donors (Lipinski definition) is 2. The standard InChI is InChI=1S/C23H24N2O5S/c1-16(17-6-10-20(29-2)11-7-17)24-23(26)18-4-8-19(9-5-18)25-31(27,28)22-14-12-21(30-3)13-15-22/h4-16,25H,1-3H3,(H,24,26)/t16-/m1/s1. The van der Waals surface area contributed by atoms with Crippen molar-refractivity contribution in [2.24, 2.45) is 0 Å². The third-order valence-corrected chi connectivity index (χ3v) is 6.13. The average Bonchev–Trinajstić information content (AvgIpc) is 2.79. The molecule has 0 spiro atoms. The molecule has 0 fully saturated rings. The first-order chi connectivity index (χ1) is 14.8. The van der Waals surface area contributed by atoms with Crippen LogP contribution in [-0.4, -0.2) is 28.5 Å². The minimum absolute atomic E-state index is 0.114. The topological polar surface area (TPSA) is 93.7 Å². The van der Waals surface area contributed by atoms with Crippen LogP contribution in [0.2, 0.25) is 0 Å². The molecular formula is C23H24N2O5S. The molecule has 0 aliphatic heterocycles. The smallest absolute Gasteiger partial charge is 0.261 e. The van der Waals surface area contributed by atoms with Crippen molar-refractivity contribution in [1.29, 1.82) is 0 Å². The highest BCUT2D eigenvalue weighted by molar-refractivity contribution is 7.92. The summed E-state index contributed by atoms with van der Waals surface area (Å²) in [5.74, 6) is 1.06. The minimum Gasteiger partial charge on any atom is -0.497 e. The summed E-state index contributed by atoms with van der Waals surface area (Å²) in [5.41, 5.74) is 1.72. The predicted octanol–water partition coefficient (Wildman–Crippen LogP) is 4.00. The highest BCUT2D eigenvalue weighted by Crippen LogP contribution is 2.21. The maximum atomic E-state index is 12.5. The van der Waals surface area contributed by atoms with Crippen molar-refractivity contribution < 1.29 is 22.7 Å². The largest absolute Gasteiger partial charge is 0.497 e. The third-order valence-electron chi connectivity index (χ3n) is 4.73. The summed E-state index contributed by atoms with van der Waals surface area (Å²) in [4.78, 5) is 12.7. The van der Waals surface area contributed by atoms with Gasteiger partial charge in [0.15, 0.2) is 0 Å². The third kappa shape index (κ3) is 5.55. The molecule has 0 unspecified atom stereocenters. The lowest BCUT2D eigenvalue weighted by atomic mass is 10.1. The molecule has 3 aromatic rings. The first-order valence-corrected chi connectivity index (χ1v) is 11.0. The fraction of sp³-hybridized carbons (Fsp3) is 0.174. The summed E-state index contributed by atoms with van der Waals surface area (Å²) in [6.45, 7) is 1.89. The van der Waals surface area contributed by atoms with Crippen LogP contribution in [0.4, 0.5) is 5.69 Å². The first-order valence-electron chi connectivity index (χ1n) is 9.54. The molecule has 0 radical (unpaired) electrons. The molecule has 1 amide bonds. The molecule has 2 N–H and O–H groups in total. The van der Waals surface area contributed by atoms with Crippen LogP contribution in [0.5, 0.6) is 11.5 Å². The van der Waals surface area contributed by atoms with E-state index in [1.807, 2.05) is 31.2 Å². The van der Waals surface area contributed by atoms with Gasteiger partial charge in [-0.25, -0.2) is 8.42 Å². The Kier molecular flexibility index (Phi) is 6.81. The van der Waals surface area contributed by atoms with Crippen LogP contribution in [0.15, 0.2) is 77.7 Å². The Labute approximate surface area is 182 Å². The zero-order valence-electron chi connectivity index (χ0n) is 17.5. The van der Waals surface area contributed by atoms with E-state index in [2.05, 4.69) is 10.0 Å². The van der Waals surface area contributed by atoms with Gasteiger partial charge < -0.3 is 14.8 Å². The number of rotatable bonds is 8. The molecule has 31 heavy (non-hydrogen) atoms. The fourth-order valence-electron chi connectivity index (χ4n) is 2.91. The lowest BCUT2D eigenvalue weighted by molar-refractivity contribution is 0.0940. The Hall–Kier alpha value is -3.52. The first kappa shape index (κ1) is 22.2. The summed E-state index contributed by atoms with van der Waals surface area (Å²) < 4.78 is 37.7. The second-order valence-corrected chi connectivity index (χ2v) is 8.51. The van der Waals surface area contributed by atoms with Gasteiger partial charge in [0.2, 0.25) is 0 Å². The van der Waals surface area contributed by atoms with Crippen molar-refractivity contribution in [3.05, 3.63) is 83.9 Å². The number of methoxy groups -OCH3 is 2. The Morgan fingerprint density at radius 2 is 1.32 bits per heavy atom. The van der Waals surface area contributed by atoms with Crippen molar-refractivity contribution in [1.82, 2.24) is 5.32 Å². The Balaban J connectivity index is 1.65. The van der Waals surface area contributed by atoms with Crippen molar-refractivity contribution in [3.63, 3.8) is 0 Å². The summed E-state index contributed by atoms with van der Waals surface area (Å²) in [5, 5.41) is 2.92. The summed E-state index contributed by atoms with van der Waals surface area (Å²) >= 11 is 0. The maximum Gasteiger partial charge on any atom is 0.261 e. The SMILES string of the molecule is COc1ccc([C@@H](C)NC(=O)c2ccc(NS(=O)(=O)c3ccc(OC)cc3)cc2)cc1. The van der Waals surface area contributed by atoms with Crippen LogP contribution in [0.3, 0.4) is 0 Å². The van der Waals surface area contributed by atoms with E-state index >= 15 is 0 Å². The summed E-state index contributed by atoms with van der Waals surface area (Å²) in [6, 6.07) is 19.6. The van der Waals surface area contributed by atoms with Gasteiger partial charge in [0, 0.05) is 11.3 Å². The molecule has 3 rings (SSSR count). The summed E-state index contributed by atoms with van der Waals surface area (Å²) in [6.07, 6.45) is 0. The van der Waals surface area contributed by atoms with Gasteiger partial charge in [-0.15, -0.1) is 0 Å². The average molecular weight is 441 g/mol. The van der Waals surface area contributed by atoms with E-state index < -0.39 is 10.0 Å². The van der Waals surface area contributed by atoms with E-state index in [9.17, 15) is 13.2 Å². The number of benzene rings is 3. The second kappa shape index (κ2) is 9.53. The van der Waals surface area contributed by atoms with Crippen LogP contribution in [0, 0.1) is 0 Å². The normalized spacial score (nSPS) is 12.0. The molecule has 0 saturated heterocycles. The number of amides is 1. The van der Waals surface area contributed by atoms with E-state index in [0.29, 0.717) is 17.0 Å². The quantitative estimate of drug-likeness (QED) is 0.552. The van der Waals surface area contributed by atoms with Gasteiger partial charge in [-0.1, -0.05) is 12.1 Å². The molecule has 3 aromatic carbocycles. The van der Waals surface area contributed by atoms with Gasteiger partial charge in [0.25, 0.3) is 15.9 Å². The van der Waals surface area contributed by atoms with Crippen molar-refractivity contribution in [2.75, 3.05) is 18.9 Å². The number of carbonyl (C=O) groups excluding carboxylic acids is 1. The van der Waals surface area contributed by atoms with Crippen LogP contribution in [-0.2, 0) is 10.0 Å². The molecular weight excluding hydrogens is 416 g/mol. The minimum atomic E-state index is -3.75. The van der Waals surface area contributed by atoms with E-state index in [-0.39, 0.29) is 16.8 Å². The van der Waals surface area contributed by atoms with Gasteiger partial charge in [-0.05, 0) is 73.2 Å². The Morgan fingerprint density at radius 3 is 1.84 bits per heavy atom. The van der Waals surface area contributed by atoms with Gasteiger partial charge in [0.1, 0.15) is 11.5 Å². The Morgan fingerprint density at radius 1 is 0.806 bits per heavy atom. The lowest BCUT2D eigenvalue weighted by Crippen LogP contribution is -2.26. The number of nitrogens with one attached hydrogen (secondary N) is 2. The molecule has 1 atom stereocenters. The van der Waals surface area contributed by atoms with Gasteiger partial charge in [-0.3, -0.25) is 9.52 Å². The van der Waals surface area contributed by atoms with Crippen molar-refractivity contribution in [2.45, 2.75) is 17.9 Å². The lowest BCUT2D eigenvalue weighted by Gasteiger charge is -2.15. The zero-order valence-corrected chi connectivity index (χ0v) is 18.3. The maximum absolute atomic E-state index is 12.5. The van der Waals surface area contributed by atoms with Gasteiger partial charge in [-0.2, -0.15) is 0 Å². The molecule has 0 aliphatic carbocycles. The fourth-order valence-corrected chi connectivity index (χ4v) is 3.97. The van der Waals surface area contributed by atoms with Crippen molar-refractivity contribution >= 4 is 21.6 Å². The van der Waals surface area contributed by atoms with Crippen molar-refractivity contribution in [3.8, 4) is 11.5 Å². The molecule has 0 aliphatic rings. The zero-order chi connectivity index (χ0) is 22.4. The molecule has 162 valence electrons. The summed E-state index contributed by atoms with van der Waals surface area (Å²) in [7, 11) is -0.639. The molecule has 0 aromatic heterocycles. The number of anilines is 1. The Bertz CT molecular complexity index is 1130. The highest BCUT2D eigenvalue weighted by Gasteiger charge is 2.15. The molecule has 0 bridgehead atoms. The predicted molar refractivity (Wildman–Crippen MR) is 119 cm³/mol. The van der Waals surface area contributed by atoms with Crippen LogP contribution in [0.25, 0.3) is 0 Å². The van der Waals surface area contributed by atoms with E-state index in [4.69, 9.17) is 9.47 Å². The van der Waals surface area contributed by atoms with Gasteiger partial charge >= 0.3 is 0 Å². The van der Waals surface area contributed by atoms with E-state index in [1.54, 1.807) is 43.5 Å². The second-order valence-electron chi connectivity index (χ2n) is 6.83. The number of hydrogen-bond acceptors (Lipinski definition) is 5. The van der Waals surface area contributed by atoms with Gasteiger partial charge in [0.05, 0.1) is 25.2 Å². The van der Waals surface area contributed by atoms with Crippen LogP contribution < -0.4 is 19.5 Å². The molecule has 0 saturated carbocycles. The van der Waals surface area contributed by atoms with E-state index in [0.717, 1.165) is 11.3 Å². The number of sulfonamides is 1. The van der Waals surface area contributed by atoms with E-state index in [1.165, 1.54) is 19.2 Å². The number of ether oxygens (including phenoxy) is 2. The monoisotopic (exact) mass is 440 g/mol. The molecule has 8 heteroatoms. The molecule has 0 heterocycles. The van der Waals surface area contributed by atoms with Crippen LogP contribution in [0.1, 0.15) is 28.9 Å². The number of carbonyl (C=O) groups is 1.